The molecule has 1 fully saturated rings. The second kappa shape index (κ2) is 7.85. The molecule has 8 nitrogen and oxygen atoms in total. The number of pyridine rings is 1. The topological polar surface area (TPSA) is 98.3 Å². The van der Waals surface area contributed by atoms with Crippen molar-refractivity contribution in [2.24, 2.45) is 0 Å². The van der Waals surface area contributed by atoms with E-state index in [0.717, 1.165) is 42.9 Å². The van der Waals surface area contributed by atoms with Gasteiger partial charge in [0.05, 0.1) is 5.69 Å². The van der Waals surface area contributed by atoms with E-state index in [1.807, 2.05) is 55.1 Å². The first-order valence-corrected chi connectivity index (χ1v) is 11.1. The average molecular weight is 433 g/mol. The Morgan fingerprint density at radius 3 is 2.81 bits per heavy atom. The number of aromatic nitrogens is 3. The standard InChI is InChI=1S/C24H28N6O2/c1-3-26-23(31)29-14-24(15-29)9-10-30-21(24)12-19(28-30)18-11-20(22(25)27-13-18)32-16(2)17-7-5-4-6-8-17/h4-8,11-13,16H,3,9-10,14-15H2,1-2H3,(H2,25,27)(H,26,31)/t16-/m1/s1. The molecule has 0 radical (unpaired) electrons. The molecule has 0 saturated carbocycles. The highest BCUT2D eigenvalue weighted by Gasteiger charge is 2.51. The van der Waals surface area contributed by atoms with Gasteiger partial charge in [0.1, 0.15) is 6.10 Å². The summed E-state index contributed by atoms with van der Waals surface area (Å²) in [6.45, 7) is 6.88. The fourth-order valence-electron chi connectivity index (χ4n) is 4.69. The first kappa shape index (κ1) is 20.4. The molecule has 2 aromatic heterocycles. The van der Waals surface area contributed by atoms with Gasteiger partial charge in [0.15, 0.2) is 11.6 Å². The van der Waals surface area contributed by atoms with Crippen molar-refractivity contribution in [3.05, 3.63) is 59.9 Å². The van der Waals surface area contributed by atoms with Crippen molar-refractivity contribution in [2.75, 3.05) is 25.4 Å². The number of ether oxygens (including phenoxy) is 1. The highest BCUT2D eigenvalue weighted by atomic mass is 16.5. The van der Waals surface area contributed by atoms with Crippen molar-refractivity contribution in [1.82, 2.24) is 25.0 Å². The molecule has 3 N–H and O–H groups in total. The number of carbonyl (C=O) groups excluding carboxylic acids is 1. The molecule has 0 bridgehead atoms. The van der Waals surface area contributed by atoms with E-state index >= 15 is 0 Å². The van der Waals surface area contributed by atoms with E-state index in [2.05, 4.69) is 21.0 Å². The molecule has 1 atom stereocenters. The zero-order valence-corrected chi connectivity index (χ0v) is 18.4. The molecule has 1 aromatic carbocycles. The van der Waals surface area contributed by atoms with Crippen LogP contribution in [-0.2, 0) is 12.0 Å². The predicted molar refractivity (Wildman–Crippen MR) is 122 cm³/mol. The summed E-state index contributed by atoms with van der Waals surface area (Å²) in [6, 6.07) is 14.1. The van der Waals surface area contributed by atoms with Gasteiger partial charge in [-0.25, -0.2) is 9.78 Å². The number of anilines is 1. The summed E-state index contributed by atoms with van der Waals surface area (Å²) in [4.78, 5) is 18.3. The summed E-state index contributed by atoms with van der Waals surface area (Å²) in [7, 11) is 0. The molecule has 3 aromatic rings. The number of amides is 2. The maximum Gasteiger partial charge on any atom is 0.317 e. The Bertz CT molecular complexity index is 1140. The molecule has 1 saturated heterocycles. The van der Waals surface area contributed by atoms with Crippen LogP contribution < -0.4 is 15.8 Å². The van der Waals surface area contributed by atoms with Gasteiger partial charge in [0, 0.05) is 49.0 Å². The van der Waals surface area contributed by atoms with E-state index in [0.29, 0.717) is 18.1 Å². The molecule has 2 aliphatic rings. The van der Waals surface area contributed by atoms with Gasteiger partial charge in [-0.3, -0.25) is 4.68 Å². The number of nitrogens with zero attached hydrogens (tertiary/aromatic N) is 4. The molecule has 8 heteroatoms. The Balaban J connectivity index is 1.36. The van der Waals surface area contributed by atoms with Gasteiger partial charge in [-0.1, -0.05) is 30.3 Å². The quantitative estimate of drug-likeness (QED) is 0.644. The number of carbonyl (C=O) groups is 1. The van der Waals surface area contributed by atoms with Crippen molar-refractivity contribution in [3.63, 3.8) is 0 Å². The third kappa shape index (κ3) is 3.45. The lowest BCUT2D eigenvalue weighted by atomic mass is 9.76. The summed E-state index contributed by atoms with van der Waals surface area (Å²) in [6.07, 6.45) is 2.59. The van der Waals surface area contributed by atoms with Crippen LogP contribution in [-0.4, -0.2) is 45.3 Å². The number of nitrogen functional groups attached to an aromatic ring is 1. The number of aryl methyl sites for hydroxylation is 1. The highest BCUT2D eigenvalue weighted by molar-refractivity contribution is 5.76. The largest absolute Gasteiger partial charge is 0.482 e. The van der Waals surface area contributed by atoms with Crippen LogP contribution in [0.3, 0.4) is 0 Å². The number of likely N-dealkylation sites (tertiary alicyclic amines) is 1. The van der Waals surface area contributed by atoms with Gasteiger partial charge in [-0.15, -0.1) is 0 Å². The first-order valence-electron chi connectivity index (χ1n) is 11.1. The van der Waals surface area contributed by atoms with Crippen molar-refractivity contribution < 1.29 is 9.53 Å². The number of rotatable bonds is 5. The summed E-state index contributed by atoms with van der Waals surface area (Å²) in [5.41, 5.74) is 10.1. The smallest absolute Gasteiger partial charge is 0.317 e. The first-order chi connectivity index (χ1) is 15.5. The van der Waals surface area contributed by atoms with Gasteiger partial charge >= 0.3 is 6.03 Å². The van der Waals surface area contributed by atoms with E-state index in [1.165, 1.54) is 5.69 Å². The third-order valence-corrected chi connectivity index (χ3v) is 6.48. The minimum Gasteiger partial charge on any atom is -0.482 e. The summed E-state index contributed by atoms with van der Waals surface area (Å²) in [5, 5.41) is 7.69. The van der Waals surface area contributed by atoms with Crippen LogP contribution in [0.4, 0.5) is 10.6 Å². The highest BCUT2D eigenvalue weighted by Crippen LogP contribution is 2.44. The SMILES string of the molecule is CCNC(=O)N1CC2(CCn3nc(-c4cnc(N)c(O[C@H](C)c5ccccc5)c4)cc32)C1. The Kier molecular flexibility index (Phi) is 5.00. The monoisotopic (exact) mass is 432 g/mol. The molecular formula is C24H28N6O2. The predicted octanol–water partition coefficient (Wildman–Crippen LogP) is 3.35. The van der Waals surface area contributed by atoms with Gasteiger partial charge in [-0.05, 0) is 38.0 Å². The van der Waals surface area contributed by atoms with E-state index in [1.54, 1.807) is 6.20 Å². The van der Waals surface area contributed by atoms with Crippen LogP contribution in [0.5, 0.6) is 5.75 Å². The summed E-state index contributed by atoms with van der Waals surface area (Å²) >= 11 is 0. The second-order valence-corrected chi connectivity index (χ2v) is 8.64. The molecule has 0 unspecified atom stereocenters. The maximum absolute atomic E-state index is 12.1. The number of fused-ring (bicyclic) bond motifs is 2. The van der Waals surface area contributed by atoms with E-state index in [9.17, 15) is 4.79 Å². The summed E-state index contributed by atoms with van der Waals surface area (Å²) in [5.74, 6) is 0.907. The van der Waals surface area contributed by atoms with Crippen LogP contribution in [0.2, 0.25) is 0 Å². The molecule has 5 rings (SSSR count). The normalized spacial score (nSPS) is 17.0. The van der Waals surface area contributed by atoms with Gasteiger partial charge in [-0.2, -0.15) is 5.10 Å². The van der Waals surface area contributed by atoms with E-state index in [-0.39, 0.29) is 17.6 Å². The van der Waals surface area contributed by atoms with Gasteiger partial charge < -0.3 is 20.7 Å². The van der Waals surface area contributed by atoms with Crippen LogP contribution in [0.1, 0.15) is 37.6 Å². The van der Waals surface area contributed by atoms with E-state index < -0.39 is 0 Å². The maximum atomic E-state index is 12.1. The molecule has 166 valence electrons. The molecule has 1 spiro atoms. The van der Waals surface area contributed by atoms with Gasteiger partial charge in [0.25, 0.3) is 0 Å². The molecule has 0 aliphatic carbocycles. The van der Waals surface area contributed by atoms with Crippen LogP contribution in [0.25, 0.3) is 11.3 Å². The third-order valence-electron chi connectivity index (χ3n) is 6.48. The molecule has 2 amide bonds. The minimum absolute atomic E-state index is 0.00127. The van der Waals surface area contributed by atoms with E-state index in [4.69, 9.17) is 15.6 Å². The molecule has 4 heterocycles. The minimum atomic E-state index is -0.152. The fraction of sp³-hybridized carbons (Fsp3) is 0.375. The van der Waals surface area contributed by atoms with Crippen molar-refractivity contribution in [2.45, 2.75) is 38.3 Å². The van der Waals surface area contributed by atoms with Gasteiger partial charge in [0.2, 0.25) is 0 Å². The number of benzene rings is 1. The number of hydrogen-bond donors (Lipinski definition) is 2. The second-order valence-electron chi connectivity index (χ2n) is 8.64. The van der Waals surface area contributed by atoms with Crippen molar-refractivity contribution >= 4 is 11.8 Å². The zero-order chi connectivity index (χ0) is 22.3. The lowest BCUT2D eigenvalue weighted by Crippen LogP contribution is -2.62. The van der Waals surface area contributed by atoms with Crippen LogP contribution >= 0.6 is 0 Å². The Morgan fingerprint density at radius 2 is 2.06 bits per heavy atom. The molecular weight excluding hydrogens is 404 g/mol. The Labute approximate surface area is 187 Å². The Morgan fingerprint density at radius 1 is 1.28 bits per heavy atom. The molecule has 32 heavy (non-hydrogen) atoms. The van der Waals surface area contributed by atoms with Crippen molar-refractivity contribution in [3.8, 4) is 17.0 Å². The number of nitrogens with two attached hydrogens (primary N) is 1. The van der Waals surface area contributed by atoms with Crippen molar-refractivity contribution in [1.29, 1.82) is 0 Å². The zero-order valence-electron chi connectivity index (χ0n) is 18.4. The lowest BCUT2D eigenvalue weighted by molar-refractivity contribution is 0.0925. The number of urea groups is 1. The van der Waals surface area contributed by atoms with Crippen LogP contribution in [0.15, 0.2) is 48.7 Å². The molecule has 2 aliphatic heterocycles. The summed E-state index contributed by atoms with van der Waals surface area (Å²) < 4.78 is 8.20. The number of nitrogens with one attached hydrogen (secondary N) is 1. The fourth-order valence-corrected chi connectivity index (χ4v) is 4.69. The Hall–Kier alpha value is -3.55. The van der Waals surface area contributed by atoms with Crippen LogP contribution in [0, 0.1) is 0 Å². The lowest BCUT2D eigenvalue weighted by Gasteiger charge is -2.47. The number of hydrogen-bond acceptors (Lipinski definition) is 5. The average Bonchev–Trinajstić information content (AvgIpc) is 3.34.